The van der Waals surface area contributed by atoms with Gasteiger partial charge >= 0.3 is 59.1 Å². The molecule has 3 aromatic rings. The topological polar surface area (TPSA) is 109 Å². The fourth-order valence-corrected chi connectivity index (χ4v) is 8.54. The predicted octanol–water partition coefficient (Wildman–Crippen LogP) is 2.49. The van der Waals surface area contributed by atoms with E-state index in [-0.39, 0.29) is 68.9 Å². The van der Waals surface area contributed by atoms with Crippen molar-refractivity contribution in [1.82, 2.24) is 0 Å². The second kappa shape index (κ2) is 12.2. The fourth-order valence-electron chi connectivity index (χ4n) is 4.13. The van der Waals surface area contributed by atoms with E-state index in [0.29, 0.717) is 21.7 Å². The molecule has 0 radical (unpaired) electrons. The van der Waals surface area contributed by atoms with Crippen molar-refractivity contribution >= 4 is 103 Å². The van der Waals surface area contributed by atoms with Crippen molar-refractivity contribution in [3.05, 3.63) is 75.8 Å². The number of aryl methyl sites for hydroxylation is 6. The van der Waals surface area contributed by atoms with E-state index in [1.807, 2.05) is 45.9 Å². The zero-order valence-corrected chi connectivity index (χ0v) is 21.9. The van der Waals surface area contributed by atoms with Crippen LogP contribution in [0, 0.1) is 41.5 Å². The van der Waals surface area contributed by atoms with Gasteiger partial charge in [0.05, 0.1) is 9.79 Å². The van der Waals surface area contributed by atoms with Crippen LogP contribution in [0.1, 0.15) is 33.4 Å². The molecule has 2 N–H and O–H groups in total. The van der Waals surface area contributed by atoms with Gasteiger partial charge in [0.2, 0.25) is 0 Å². The monoisotopic (exact) mass is 554 g/mol. The molecule has 0 unspecified atom stereocenters. The molecule has 0 heterocycles. The summed E-state index contributed by atoms with van der Waals surface area (Å²) in [6, 6.07) is 12.3. The van der Waals surface area contributed by atoms with E-state index in [9.17, 15) is 25.9 Å². The van der Waals surface area contributed by atoms with Crippen molar-refractivity contribution in [2.24, 2.45) is 0 Å². The Bertz CT molecular complexity index is 1400. The predicted molar refractivity (Wildman–Crippen MR) is 147 cm³/mol. The normalized spacial score (nSPS) is 11.7. The van der Waals surface area contributed by atoms with E-state index in [1.54, 1.807) is 26.0 Å². The van der Waals surface area contributed by atoms with Crippen molar-refractivity contribution < 1.29 is 25.9 Å². The Balaban J connectivity index is 0.00000306. The fraction of sp³-hybridized carbons (Fsp3) is 0.250. The zero-order chi connectivity index (χ0) is 24.9. The van der Waals surface area contributed by atoms with Crippen LogP contribution in [0.5, 0.6) is 0 Å². The Morgan fingerprint density at radius 3 is 1.26 bits per heavy atom. The quantitative estimate of drug-likeness (QED) is 0.285. The van der Waals surface area contributed by atoms with E-state index in [1.165, 1.54) is 12.1 Å². The van der Waals surface area contributed by atoms with Gasteiger partial charge in [0.15, 0.2) is 0 Å². The summed E-state index contributed by atoms with van der Waals surface area (Å²) in [5, 5.41) is 2.30. The van der Waals surface area contributed by atoms with Crippen molar-refractivity contribution in [1.29, 1.82) is 0 Å². The third-order valence-electron chi connectivity index (χ3n) is 5.62. The maximum absolute atomic E-state index is 12.1. The third kappa shape index (κ3) is 7.27. The average molecular weight is 555 g/mol. The van der Waals surface area contributed by atoms with Crippen LogP contribution in [0.2, 0.25) is 0 Å². The Morgan fingerprint density at radius 2 is 0.914 bits per heavy atom. The van der Waals surface area contributed by atoms with Gasteiger partial charge in [-0.15, -0.1) is 0 Å². The number of hydrogen-bond donors (Lipinski definition) is 2. The first-order valence-electron chi connectivity index (χ1n) is 10.2. The first-order chi connectivity index (χ1) is 15.1. The molecule has 0 saturated heterocycles. The molecule has 0 aliphatic rings. The van der Waals surface area contributed by atoms with Crippen LogP contribution in [0.25, 0.3) is 0 Å². The second-order valence-electron chi connectivity index (χ2n) is 8.38. The molecule has 6 nitrogen and oxygen atoms in total. The molecule has 0 atom stereocenters. The Labute approximate surface area is 253 Å². The van der Waals surface area contributed by atoms with Gasteiger partial charge in [0.1, 0.15) is 0 Å². The van der Waals surface area contributed by atoms with Crippen LogP contribution >= 0.6 is 7.92 Å². The standard InChI is InChI=1S/C24H27O6PS2.2Na.2H/c1-14-7-8-20(15(2)9-14)31(21-12-23(32(25,26)27)18(5)10-16(21)3)22-13-24(33(28,29)30)19(6)11-17(22)4;;;;/h7-13H,1-6H3,(H,25,26,27)(H,28,29,30);;;;. The number of rotatable bonds is 5. The molecule has 11 heteroatoms. The molecular formula is C24H29Na2O6PS2. The van der Waals surface area contributed by atoms with Gasteiger partial charge < -0.3 is 0 Å². The first-order valence-corrected chi connectivity index (χ1v) is 14.4. The van der Waals surface area contributed by atoms with Gasteiger partial charge in [-0.2, -0.15) is 16.8 Å². The van der Waals surface area contributed by atoms with Gasteiger partial charge in [0.25, 0.3) is 20.2 Å². The van der Waals surface area contributed by atoms with Crippen molar-refractivity contribution in [2.45, 2.75) is 51.3 Å². The summed E-state index contributed by atoms with van der Waals surface area (Å²) in [6.45, 7) is 10.9. The summed E-state index contributed by atoms with van der Waals surface area (Å²) < 4.78 is 67.9. The van der Waals surface area contributed by atoms with E-state index < -0.39 is 28.2 Å². The van der Waals surface area contributed by atoms with Crippen LogP contribution in [-0.4, -0.2) is 85.1 Å². The Morgan fingerprint density at radius 1 is 0.543 bits per heavy atom. The van der Waals surface area contributed by atoms with Gasteiger partial charge in [-0.3, -0.25) is 9.11 Å². The van der Waals surface area contributed by atoms with E-state index in [2.05, 4.69) is 0 Å². The minimum absolute atomic E-state index is 0. The summed E-state index contributed by atoms with van der Waals surface area (Å²) in [7, 11) is -10.3. The molecule has 0 aliphatic heterocycles. The average Bonchev–Trinajstić information content (AvgIpc) is 2.64. The number of benzene rings is 3. The number of hydrogen-bond acceptors (Lipinski definition) is 4. The molecule has 3 aromatic carbocycles. The molecular weight excluding hydrogens is 525 g/mol. The Kier molecular flexibility index (Phi) is 11.5. The van der Waals surface area contributed by atoms with E-state index in [0.717, 1.165) is 27.6 Å². The third-order valence-corrected chi connectivity index (χ3v) is 10.5. The summed E-state index contributed by atoms with van der Waals surface area (Å²) in [5.74, 6) is 0. The Hall–Kier alpha value is -0.0900. The van der Waals surface area contributed by atoms with Crippen molar-refractivity contribution in [3.63, 3.8) is 0 Å². The van der Waals surface area contributed by atoms with Crippen molar-refractivity contribution in [3.8, 4) is 0 Å². The van der Waals surface area contributed by atoms with Crippen LogP contribution in [0.3, 0.4) is 0 Å². The van der Waals surface area contributed by atoms with Gasteiger partial charge in [-0.05, 0) is 105 Å². The van der Waals surface area contributed by atoms with Crippen LogP contribution in [-0.2, 0) is 20.2 Å². The molecule has 0 amide bonds. The molecule has 3 rings (SSSR count). The summed E-state index contributed by atoms with van der Waals surface area (Å²) in [6.07, 6.45) is 0. The zero-order valence-electron chi connectivity index (χ0n) is 19.3. The molecule has 0 aliphatic carbocycles. The molecule has 0 saturated carbocycles. The van der Waals surface area contributed by atoms with Crippen molar-refractivity contribution in [2.75, 3.05) is 0 Å². The maximum atomic E-state index is 12.1. The molecule has 0 fully saturated rings. The van der Waals surface area contributed by atoms with Gasteiger partial charge in [-0.25, -0.2) is 0 Å². The SMILES string of the molecule is Cc1ccc(P(c2cc(S(=O)(=O)O)c(C)cc2C)c2cc(S(=O)(=O)O)c(C)cc2C)c(C)c1.[NaH].[NaH]. The van der Waals surface area contributed by atoms with Crippen LogP contribution < -0.4 is 15.9 Å². The first kappa shape index (κ1) is 32.9. The minimum atomic E-state index is -4.46. The van der Waals surface area contributed by atoms with Crippen LogP contribution in [0.4, 0.5) is 0 Å². The molecule has 180 valence electrons. The summed E-state index contributed by atoms with van der Waals surface area (Å²) >= 11 is 0. The summed E-state index contributed by atoms with van der Waals surface area (Å²) in [5.41, 5.74) is 4.52. The van der Waals surface area contributed by atoms with E-state index in [4.69, 9.17) is 0 Å². The summed E-state index contributed by atoms with van der Waals surface area (Å²) in [4.78, 5) is -0.361. The molecule has 0 spiro atoms. The molecule has 0 aromatic heterocycles. The van der Waals surface area contributed by atoms with E-state index >= 15 is 0 Å². The van der Waals surface area contributed by atoms with Gasteiger partial charge in [-0.1, -0.05) is 35.9 Å². The molecule has 0 bridgehead atoms. The van der Waals surface area contributed by atoms with Crippen LogP contribution in [0.15, 0.2) is 52.3 Å². The van der Waals surface area contributed by atoms with Gasteiger partial charge in [0, 0.05) is 0 Å². The molecule has 35 heavy (non-hydrogen) atoms. The second-order valence-corrected chi connectivity index (χ2v) is 13.3.